The van der Waals surface area contributed by atoms with Crippen LogP contribution in [0, 0.1) is 0 Å². The third-order valence-electron chi connectivity index (χ3n) is 2.94. The van der Waals surface area contributed by atoms with E-state index in [4.69, 9.17) is 0 Å². The fourth-order valence-corrected chi connectivity index (χ4v) is 1.97. The van der Waals surface area contributed by atoms with Crippen LogP contribution in [0.15, 0.2) is 0 Å². The van der Waals surface area contributed by atoms with Crippen molar-refractivity contribution in [3.8, 4) is 0 Å². The molecule has 0 aliphatic carbocycles. The fourth-order valence-electron chi connectivity index (χ4n) is 1.97. The van der Waals surface area contributed by atoms with Crippen molar-refractivity contribution in [2.24, 2.45) is 0 Å². The summed E-state index contributed by atoms with van der Waals surface area (Å²) in [5.41, 5.74) is 0. The Hall–Kier alpha value is -0.920. The smallest absolute Gasteiger partial charge is 0.333 e. The zero-order chi connectivity index (χ0) is 14.0. The number of carbonyl (C=O) groups excluding carboxylic acids is 1. The minimum absolute atomic E-state index is 0.170. The number of amides is 1. The third kappa shape index (κ3) is 2.90. The van der Waals surface area contributed by atoms with Crippen molar-refractivity contribution in [1.29, 1.82) is 0 Å². The fraction of sp³-hybridized carbons (Fsp3) is 0.900. The molecule has 0 aromatic heterocycles. The Morgan fingerprint density at radius 2 is 1.94 bits per heavy atom. The number of hydrogen-bond acceptors (Lipinski definition) is 2. The topological polar surface area (TPSA) is 32.3 Å². The molecule has 0 aromatic rings. The number of nitrogens with one attached hydrogen (secondary N) is 1. The predicted octanol–water partition coefficient (Wildman–Crippen LogP) is 1.78. The minimum Gasteiger partial charge on any atom is -0.333 e. The Labute approximate surface area is 101 Å². The molecular formula is C10H15F5N2O. The van der Waals surface area contributed by atoms with Gasteiger partial charge in [0.1, 0.15) is 0 Å². The summed E-state index contributed by atoms with van der Waals surface area (Å²) in [7, 11) is 0. The van der Waals surface area contributed by atoms with Crippen LogP contribution in [0.4, 0.5) is 22.0 Å². The van der Waals surface area contributed by atoms with Gasteiger partial charge < -0.3 is 10.2 Å². The van der Waals surface area contributed by atoms with Gasteiger partial charge >= 0.3 is 18.0 Å². The third-order valence-corrected chi connectivity index (χ3v) is 2.94. The van der Waals surface area contributed by atoms with Gasteiger partial charge in [-0.25, -0.2) is 0 Å². The van der Waals surface area contributed by atoms with Gasteiger partial charge in [0.25, 0.3) is 0 Å². The van der Waals surface area contributed by atoms with Crippen LogP contribution in [0.1, 0.15) is 19.8 Å². The Morgan fingerprint density at radius 1 is 1.33 bits per heavy atom. The van der Waals surface area contributed by atoms with Crippen LogP contribution in [0.25, 0.3) is 0 Å². The van der Waals surface area contributed by atoms with Crippen LogP contribution in [0.2, 0.25) is 0 Å². The SMILES string of the molecule is CCN(C(=O)C(F)(F)C(F)(F)F)C1CCCNC1. The van der Waals surface area contributed by atoms with Crippen molar-refractivity contribution < 1.29 is 26.7 Å². The predicted molar refractivity (Wildman–Crippen MR) is 54.3 cm³/mol. The summed E-state index contributed by atoms with van der Waals surface area (Å²) in [6.07, 6.45) is -4.77. The molecule has 0 radical (unpaired) electrons. The molecule has 1 saturated heterocycles. The Morgan fingerprint density at radius 3 is 2.33 bits per heavy atom. The lowest BCUT2D eigenvalue weighted by molar-refractivity contribution is -0.275. The molecule has 106 valence electrons. The van der Waals surface area contributed by atoms with E-state index in [1.165, 1.54) is 6.92 Å². The molecule has 1 heterocycles. The van der Waals surface area contributed by atoms with Crippen LogP contribution in [0.3, 0.4) is 0 Å². The molecule has 1 fully saturated rings. The van der Waals surface area contributed by atoms with E-state index < -0.39 is 24.0 Å². The summed E-state index contributed by atoms with van der Waals surface area (Å²) >= 11 is 0. The first kappa shape index (κ1) is 15.1. The van der Waals surface area contributed by atoms with Gasteiger partial charge in [0.05, 0.1) is 0 Å². The monoisotopic (exact) mass is 274 g/mol. The number of halogens is 5. The molecule has 1 aliphatic rings. The van der Waals surface area contributed by atoms with Gasteiger partial charge in [-0.05, 0) is 26.3 Å². The quantitative estimate of drug-likeness (QED) is 0.796. The van der Waals surface area contributed by atoms with Crippen molar-refractivity contribution in [1.82, 2.24) is 10.2 Å². The highest BCUT2D eigenvalue weighted by atomic mass is 19.4. The van der Waals surface area contributed by atoms with Gasteiger partial charge in [-0.1, -0.05) is 0 Å². The van der Waals surface area contributed by atoms with Gasteiger partial charge in [0.15, 0.2) is 0 Å². The maximum atomic E-state index is 13.0. The lowest BCUT2D eigenvalue weighted by Gasteiger charge is -2.36. The highest BCUT2D eigenvalue weighted by Gasteiger charge is 2.64. The van der Waals surface area contributed by atoms with Gasteiger partial charge in [-0.2, -0.15) is 22.0 Å². The molecule has 0 bridgehead atoms. The first-order chi connectivity index (χ1) is 8.21. The van der Waals surface area contributed by atoms with Gasteiger partial charge in [0, 0.05) is 19.1 Å². The molecule has 0 aromatic carbocycles. The lowest BCUT2D eigenvalue weighted by atomic mass is 10.0. The number of piperidine rings is 1. The lowest BCUT2D eigenvalue weighted by Crippen LogP contribution is -2.57. The standard InChI is InChI=1S/C10H15F5N2O/c1-2-17(7-4-3-5-16-6-7)8(18)9(11,12)10(13,14)15/h7,16H,2-6H2,1H3. The first-order valence-electron chi connectivity index (χ1n) is 5.68. The average molecular weight is 274 g/mol. The summed E-state index contributed by atoms with van der Waals surface area (Å²) in [4.78, 5) is 12.0. The highest BCUT2D eigenvalue weighted by molar-refractivity contribution is 5.84. The van der Waals surface area contributed by atoms with Crippen LogP contribution < -0.4 is 5.32 Å². The van der Waals surface area contributed by atoms with E-state index in [-0.39, 0.29) is 13.1 Å². The van der Waals surface area contributed by atoms with Crippen LogP contribution >= 0.6 is 0 Å². The van der Waals surface area contributed by atoms with E-state index in [0.29, 0.717) is 24.3 Å². The number of nitrogens with zero attached hydrogens (tertiary/aromatic N) is 1. The maximum Gasteiger partial charge on any atom is 0.463 e. The second kappa shape index (κ2) is 5.38. The zero-order valence-electron chi connectivity index (χ0n) is 9.86. The van der Waals surface area contributed by atoms with E-state index in [1.54, 1.807) is 0 Å². The summed E-state index contributed by atoms with van der Waals surface area (Å²) in [5, 5.41) is 2.87. The summed E-state index contributed by atoms with van der Waals surface area (Å²) in [5.74, 6) is -7.48. The van der Waals surface area contributed by atoms with E-state index in [1.807, 2.05) is 0 Å². The second-order valence-corrected chi connectivity index (χ2v) is 4.16. The molecule has 1 N–H and O–H groups in total. The van der Waals surface area contributed by atoms with E-state index >= 15 is 0 Å². The van der Waals surface area contributed by atoms with E-state index in [9.17, 15) is 26.7 Å². The molecular weight excluding hydrogens is 259 g/mol. The zero-order valence-corrected chi connectivity index (χ0v) is 9.86. The highest BCUT2D eigenvalue weighted by Crippen LogP contribution is 2.37. The number of carbonyl (C=O) groups is 1. The van der Waals surface area contributed by atoms with Crippen LogP contribution in [-0.2, 0) is 4.79 Å². The number of alkyl halides is 5. The normalized spacial score (nSPS) is 21.8. The number of rotatable bonds is 3. The van der Waals surface area contributed by atoms with Gasteiger partial charge in [-0.3, -0.25) is 4.79 Å². The van der Waals surface area contributed by atoms with Crippen LogP contribution in [-0.4, -0.2) is 48.6 Å². The molecule has 18 heavy (non-hydrogen) atoms. The van der Waals surface area contributed by atoms with Crippen molar-refractivity contribution in [3.05, 3.63) is 0 Å². The average Bonchev–Trinajstić information content (AvgIpc) is 2.29. The second-order valence-electron chi connectivity index (χ2n) is 4.16. The Bertz CT molecular complexity index is 299. The number of likely N-dealkylation sites (N-methyl/N-ethyl adjacent to an activating group) is 1. The molecule has 3 nitrogen and oxygen atoms in total. The number of hydrogen-bond donors (Lipinski definition) is 1. The first-order valence-corrected chi connectivity index (χ1v) is 5.68. The van der Waals surface area contributed by atoms with Gasteiger partial charge in [-0.15, -0.1) is 0 Å². The molecule has 8 heteroatoms. The van der Waals surface area contributed by atoms with Crippen molar-refractivity contribution in [2.75, 3.05) is 19.6 Å². The van der Waals surface area contributed by atoms with E-state index in [2.05, 4.69) is 5.32 Å². The van der Waals surface area contributed by atoms with Crippen molar-refractivity contribution in [2.45, 2.75) is 37.9 Å². The Kier molecular flexibility index (Phi) is 4.52. The summed E-state index contributed by atoms with van der Waals surface area (Å²) in [6.45, 7) is 2.14. The van der Waals surface area contributed by atoms with E-state index in [0.717, 1.165) is 0 Å². The maximum absolute atomic E-state index is 13.0. The molecule has 1 aliphatic heterocycles. The summed E-state index contributed by atoms with van der Waals surface area (Å²) in [6, 6.07) is -0.607. The van der Waals surface area contributed by atoms with Crippen molar-refractivity contribution in [3.63, 3.8) is 0 Å². The minimum atomic E-state index is -5.85. The molecule has 0 spiro atoms. The van der Waals surface area contributed by atoms with Crippen LogP contribution in [0.5, 0.6) is 0 Å². The van der Waals surface area contributed by atoms with Gasteiger partial charge in [0.2, 0.25) is 0 Å². The summed E-state index contributed by atoms with van der Waals surface area (Å²) < 4.78 is 62.4. The molecule has 1 rings (SSSR count). The Balaban J connectivity index is 2.84. The van der Waals surface area contributed by atoms with Crippen molar-refractivity contribution >= 4 is 5.91 Å². The molecule has 0 saturated carbocycles. The largest absolute Gasteiger partial charge is 0.463 e. The molecule has 1 unspecified atom stereocenters. The molecule has 1 amide bonds. The molecule has 1 atom stereocenters.